The number of carbonyl (C=O) groups excluding carboxylic acids is 4. The Hall–Kier alpha value is -3.02. The fraction of sp³-hybridized carbons (Fsp3) is 0.667. The number of nitrogens with zero attached hydrogens (tertiary/aromatic N) is 2. The van der Waals surface area contributed by atoms with Gasteiger partial charge in [-0.25, -0.2) is 0 Å². The molecule has 3 rings (SSSR count). The zero-order valence-electron chi connectivity index (χ0n) is 30.4. The van der Waals surface area contributed by atoms with Crippen molar-refractivity contribution in [2.75, 3.05) is 0 Å². The summed E-state index contributed by atoms with van der Waals surface area (Å²) in [6, 6.07) is 7.49. The molecule has 0 unspecified atom stereocenters. The minimum Gasteiger partial charge on any atom is -0.271 e. The summed E-state index contributed by atoms with van der Waals surface area (Å²) in [4.78, 5) is 54.7. The van der Waals surface area contributed by atoms with Gasteiger partial charge in [0.05, 0.1) is 13.1 Å². The zero-order valence-corrected chi connectivity index (χ0v) is 30.4. The predicted octanol–water partition coefficient (Wildman–Crippen LogP) is 10.7. The van der Waals surface area contributed by atoms with Crippen molar-refractivity contribution in [1.82, 2.24) is 9.80 Å². The van der Waals surface area contributed by atoms with E-state index in [1.807, 2.05) is 24.3 Å². The lowest BCUT2D eigenvalue weighted by Crippen LogP contribution is -2.33. The van der Waals surface area contributed by atoms with Crippen LogP contribution in [-0.4, -0.2) is 33.4 Å². The molecule has 1 aromatic carbocycles. The summed E-state index contributed by atoms with van der Waals surface area (Å²) in [6.45, 7) is 4.78. The molecule has 6 heteroatoms. The molecule has 0 saturated carbocycles. The van der Waals surface area contributed by atoms with Gasteiger partial charge in [0.25, 0.3) is 23.6 Å². The van der Waals surface area contributed by atoms with Crippen molar-refractivity contribution in [3.05, 3.63) is 58.7 Å². The van der Waals surface area contributed by atoms with Crippen LogP contribution >= 0.6 is 0 Å². The molecule has 266 valence electrons. The van der Waals surface area contributed by atoms with Crippen molar-refractivity contribution in [2.45, 2.75) is 181 Å². The molecule has 0 spiro atoms. The number of carbonyl (C=O) groups is 4. The van der Waals surface area contributed by atoms with E-state index in [0.29, 0.717) is 24.0 Å². The molecule has 0 atom stereocenters. The van der Waals surface area contributed by atoms with Crippen LogP contribution in [0.5, 0.6) is 0 Å². The van der Waals surface area contributed by atoms with Crippen molar-refractivity contribution in [3.63, 3.8) is 0 Å². The molecule has 1 aromatic rings. The van der Waals surface area contributed by atoms with Gasteiger partial charge in [0.2, 0.25) is 0 Å². The fourth-order valence-electron chi connectivity index (χ4n) is 6.95. The summed E-state index contributed by atoms with van der Waals surface area (Å²) < 4.78 is 0. The highest BCUT2D eigenvalue weighted by Crippen LogP contribution is 2.26. The first-order valence-corrected chi connectivity index (χ1v) is 19.7. The maximum atomic E-state index is 13.2. The predicted molar refractivity (Wildman–Crippen MR) is 196 cm³/mol. The van der Waals surface area contributed by atoms with Crippen LogP contribution in [0.1, 0.15) is 179 Å². The molecular formula is C42H64N2O4. The molecule has 0 radical (unpaired) electrons. The third-order valence-corrected chi connectivity index (χ3v) is 10.0. The molecule has 6 nitrogen and oxygen atoms in total. The molecule has 48 heavy (non-hydrogen) atoms. The van der Waals surface area contributed by atoms with Gasteiger partial charge in [0.15, 0.2) is 0 Å². The largest absolute Gasteiger partial charge is 0.271 e. The van der Waals surface area contributed by atoms with E-state index in [-0.39, 0.29) is 36.7 Å². The molecule has 2 aliphatic rings. The highest BCUT2D eigenvalue weighted by molar-refractivity contribution is 6.16. The zero-order chi connectivity index (χ0) is 34.4. The highest BCUT2D eigenvalue weighted by atomic mass is 16.2. The standard InChI is InChI=1S/C42H64N2O4/c1-3-5-7-9-11-13-15-17-19-21-23-27-35-31-39(45)43(41(35)47)33-37-29-25-26-30-38(37)34-44-40(46)32-36(42(44)48)28-24-22-20-18-16-14-12-10-8-6-4-2/h25-26,29-32H,3-24,27-28,33-34H2,1-2H3. The topological polar surface area (TPSA) is 74.8 Å². The maximum absolute atomic E-state index is 13.2. The molecule has 0 N–H and O–H groups in total. The summed E-state index contributed by atoms with van der Waals surface area (Å²) in [5.41, 5.74) is 2.75. The lowest BCUT2D eigenvalue weighted by molar-refractivity contribution is -0.139. The van der Waals surface area contributed by atoms with Gasteiger partial charge in [-0.05, 0) is 36.8 Å². The summed E-state index contributed by atoms with van der Waals surface area (Å²) in [6.07, 6.45) is 31.6. The molecule has 0 bridgehead atoms. The Kier molecular flexibility index (Phi) is 19.2. The van der Waals surface area contributed by atoms with E-state index in [1.54, 1.807) is 0 Å². The van der Waals surface area contributed by atoms with Gasteiger partial charge < -0.3 is 0 Å². The maximum Gasteiger partial charge on any atom is 0.257 e. The Morgan fingerprint density at radius 3 is 1.02 bits per heavy atom. The van der Waals surface area contributed by atoms with Gasteiger partial charge in [-0.2, -0.15) is 0 Å². The molecule has 4 amide bonds. The van der Waals surface area contributed by atoms with E-state index < -0.39 is 0 Å². The summed E-state index contributed by atoms with van der Waals surface area (Å²) >= 11 is 0. The molecule has 0 aliphatic carbocycles. The minimum absolute atomic E-state index is 0.140. The average Bonchev–Trinajstić information content (AvgIpc) is 3.50. The van der Waals surface area contributed by atoms with Crippen LogP contribution in [0.15, 0.2) is 47.6 Å². The van der Waals surface area contributed by atoms with Gasteiger partial charge in [-0.1, -0.05) is 167 Å². The second-order valence-corrected chi connectivity index (χ2v) is 14.1. The monoisotopic (exact) mass is 660 g/mol. The quantitative estimate of drug-likeness (QED) is 0.0662. The average molecular weight is 661 g/mol. The summed E-state index contributed by atoms with van der Waals surface area (Å²) in [7, 11) is 0. The van der Waals surface area contributed by atoms with Crippen LogP contribution in [0.2, 0.25) is 0 Å². The number of imide groups is 2. The van der Waals surface area contributed by atoms with Crippen LogP contribution in [0.3, 0.4) is 0 Å². The van der Waals surface area contributed by atoms with Crippen molar-refractivity contribution in [2.24, 2.45) is 0 Å². The van der Waals surface area contributed by atoms with Gasteiger partial charge in [0.1, 0.15) is 0 Å². The van der Waals surface area contributed by atoms with E-state index in [2.05, 4.69) is 13.8 Å². The first kappa shape index (κ1) is 39.4. The molecule has 2 heterocycles. The fourth-order valence-corrected chi connectivity index (χ4v) is 6.95. The van der Waals surface area contributed by atoms with Gasteiger partial charge in [-0.15, -0.1) is 0 Å². The normalized spacial score (nSPS) is 14.9. The number of hydrogen-bond acceptors (Lipinski definition) is 4. The smallest absolute Gasteiger partial charge is 0.257 e. The van der Waals surface area contributed by atoms with E-state index in [0.717, 1.165) is 36.8 Å². The summed E-state index contributed by atoms with van der Waals surface area (Å²) in [5, 5.41) is 0. The first-order chi connectivity index (χ1) is 23.5. The number of unbranched alkanes of at least 4 members (excludes halogenated alkanes) is 20. The Balaban J connectivity index is 1.36. The number of rotatable bonds is 28. The van der Waals surface area contributed by atoms with Crippen LogP contribution in [0, 0.1) is 0 Å². The number of amides is 4. The Labute approximate surface area is 291 Å². The summed E-state index contributed by atoms with van der Waals surface area (Å²) in [5.74, 6) is -0.994. The molecule has 0 fully saturated rings. The van der Waals surface area contributed by atoms with E-state index in [1.165, 1.54) is 138 Å². The van der Waals surface area contributed by atoms with Crippen molar-refractivity contribution in [3.8, 4) is 0 Å². The van der Waals surface area contributed by atoms with Crippen LogP contribution < -0.4 is 0 Å². The minimum atomic E-state index is -0.280. The second-order valence-electron chi connectivity index (χ2n) is 14.1. The van der Waals surface area contributed by atoms with E-state index in [9.17, 15) is 19.2 Å². The second kappa shape index (κ2) is 23.4. The lowest BCUT2D eigenvalue weighted by atomic mass is 10.0. The van der Waals surface area contributed by atoms with Crippen molar-refractivity contribution < 1.29 is 19.2 Å². The Morgan fingerprint density at radius 2 is 0.708 bits per heavy atom. The Bertz CT molecular complexity index is 1120. The number of benzene rings is 1. The van der Waals surface area contributed by atoms with Crippen molar-refractivity contribution >= 4 is 23.6 Å². The molecular weight excluding hydrogens is 596 g/mol. The van der Waals surface area contributed by atoms with Gasteiger partial charge >= 0.3 is 0 Å². The SMILES string of the molecule is CCCCCCCCCCCCCC1=CC(=O)N(Cc2ccccc2CN2C(=O)C=C(CCCCCCCCCCCCC)C2=O)C1=O. The first-order valence-electron chi connectivity index (χ1n) is 19.7. The lowest BCUT2D eigenvalue weighted by Gasteiger charge is -2.20. The van der Waals surface area contributed by atoms with Gasteiger partial charge in [0, 0.05) is 23.3 Å². The van der Waals surface area contributed by atoms with Crippen LogP contribution in [0.25, 0.3) is 0 Å². The van der Waals surface area contributed by atoms with E-state index in [4.69, 9.17) is 0 Å². The van der Waals surface area contributed by atoms with Crippen LogP contribution in [0.4, 0.5) is 0 Å². The third kappa shape index (κ3) is 13.8. The van der Waals surface area contributed by atoms with E-state index >= 15 is 0 Å². The number of hydrogen-bond donors (Lipinski definition) is 0. The van der Waals surface area contributed by atoms with Crippen LogP contribution in [-0.2, 0) is 32.3 Å². The molecule has 0 saturated heterocycles. The third-order valence-electron chi connectivity index (χ3n) is 10.0. The highest BCUT2D eigenvalue weighted by Gasteiger charge is 2.33. The molecule has 0 aromatic heterocycles. The van der Waals surface area contributed by atoms with Gasteiger partial charge in [-0.3, -0.25) is 29.0 Å². The Morgan fingerprint density at radius 1 is 0.417 bits per heavy atom. The van der Waals surface area contributed by atoms with Crippen molar-refractivity contribution in [1.29, 1.82) is 0 Å². The molecule has 2 aliphatic heterocycles.